The van der Waals surface area contributed by atoms with Crippen molar-refractivity contribution in [3.8, 4) is 0 Å². The van der Waals surface area contributed by atoms with Crippen molar-refractivity contribution in [3.05, 3.63) is 60.2 Å². The predicted molar refractivity (Wildman–Crippen MR) is 101 cm³/mol. The van der Waals surface area contributed by atoms with E-state index in [4.69, 9.17) is 0 Å². The van der Waals surface area contributed by atoms with Gasteiger partial charge in [-0.3, -0.25) is 0 Å². The minimum atomic E-state index is -4.41. The lowest BCUT2D eigenvalue weighted by Crippen LogP contribution is -2.41. The van der Waals surface area contributed by atoms with Gasteiger partial charge in [0.25, 0.3) is 0 Å². The van der Waals surface area contributed by atoms with Crippen LogP contribution in [0.4, 0.5) is 13.2 Å². The topological polar surface area (TPSA) is 49.4 Å². The molecule has 0 fully saturated rings. The van der Waals surface area contributed by atoms with E-state index in [1.807, 2.05) is 49.3 Å². The monoisotopic (exact) mass is 418 g/mol. The summed E-state index contributed by atoms with van der Waals surface area (Å²) in [6.07, 6.45) is 0.664. The van der Waals surface area contributed by atoms with Gasteiger partial charge in [0.15, 0.2) is 0 Å². The molecule has 2 aromatic rings. The standard InChI is InChI=1S/C18H21F3N2O2S2/c1-23(2)15(12-14-6-4-3-5-7-14)13-22-27(24,25)17-10-8-16(9-11-17)26-18(19,20)21/h3-11,15,22H,12-13H2,1-2H3. The average Bonchev–Trinajstić information content (AvgIpc) is 2.58. The summed E-state index contributed by atoms with van der Waals surface area (Å²) >= 11 is -0.278. The summed E-state index contributed by atoms with van der Waals surface area (Å²) in [6.45, 7) is 0.184. The molecular weight excluding hydrogens is 397 g/mol. The Hall–Kier alpha value is -1.55. The molecule has 0 spiro atoms. The molecule has 0 saturated heterocycles. The quantitative estimate of drug-likeness (QED) is 0.664. The molecule has 1 unspecified atom stereocenters. The number of nitrogens with one attached hydrogen (secondary N) is 1. The highest BCUT2D eigenvalue weighted by atomic mass is 32.2. The van der Waals surface area contributed by atoms with E-state index in [-0.39, 0.29) is 34.1 Å². The van der Waals surface area contributed by atoms with Crippen LogP contribution >= 0.6 is 11.8 Å². The van der Waals surface area contributed by atoms with Crippen LogP contribution in [0.3, 0.4) is 0 Å². The van der Waals surface area contributed by atoms with E-state index in [1.165, 1.54) is 12.1 Å². The maximum Gasteiger partial charge on any atom is 0.446 e. The summed E-state index contributed by atoms with van der Waals surface area (Å²) in [7, 11) is -0.0765. The molecule has 0 radical (unpaired) electrons. The van der Waals surface area contributed by atoms with E-state index in [9.17, 15) is 21.6 Å². The molecule has 0 heterocycles. The second-order valence-corrected chi connectivity index (χ2v) is 9.08. The molecule has 0 saturated carbocycles. The lowest BCUT2D eigenvalue weighted by atomic mass is 10.1. The highest BCUT2D eigenvalue weighted by molar-refractivity contribution is 8.00. The van der Waals surface area contributed by atoms with Crippen LogP contribution < -0.4 is 4.72 Å². The Morgan fingerprint density at radius 3 is 2.15 bits per heavy atom. The summed E-state index contributed by atoms with van der Waals surface area (Å²) in [5.74, 6) is 0. The van der Waals surface area contributed by atoms with Gasteiger partial charge in [-0.05, 0) is 62.1 Å². The maximum absolute atomic E-state index is 12.4. The average molecular weight is 419 g/mol. The molecular formula is C18H21F3N2O2S2. The first-order valence-corrected chi connectivity index (χ1v) is 10.4. The fourth-order valence-corrected chi connectivity index (χ4v) is 4.05. The molecule has 1 atom stereocenters. The first-order chi connectivity index (χ1) is 12.6. The molecule has 2 rings (SSSR count). The van der Waals surface area contributed by atoms with Gasteiger partial charge < -0.3 is 4.90 Å². The van der Waals surface area contributed by atoms with E-state index < -0.39 is 15.5 Å². The number of nitrogens with zero attached hydrogens (tertiary/aromatic N) is 1. The van der Waals surface area contributed by atoms with E-state index in [2.05, 4.69) is 4.72 Å². The lowest BCUT2D eigenvalue weighted by molar-refractivity contribution is -0.0328. The Kier molecular flexibility index (Phi) is 7.32. The van der Waals surface area contributed by atoms with Gasteiger partial charge in [-0.15, -0.1) is 0 Å². The van der Waals surface area contributed by atoms with Crippen molar-refractivity contribution in [2.45, 2.75) is 27.8 Å². The van der Waals surface area contributed by atoms with Gasteiger partial charge in [-0.25, -0.2) is 13.1 Å². The lowest BCUT2D eigenvalue weighted by Gasteiger charge is -2.24. The molecule has 4 nitrogen and oxygen atoms in total. The van der Waals surface area contributed by atoms with Crippen molar-refractivity contribution in [1.82, 2.24) is 9.62 Å². The van der Waals surface area contributed by atoms with Crippen LogP contribution in [-0.2, 0) is 16.4 Å². The number of benzene rings is 2. The van der Waals surface area contributed by atoms with E-state index in [0.717, 1.165) is 17.7 Å². The van der Waals surface area contributed by atoms with E-state index in [1.54, 1.807) is 0 Å². The van der Waals surface area contributed by atoms with Crippen molar-refractivity contribution >= 4 is 21.8 Å². The van der Waals surface area contributed by atoms with Gasteiger partial charge >= 0.3 is 5.51 Å². The van der Waals surface area contributed by atoms with Crippen molar-refractivity contribution in [3.63, 3.8) is 0 Å². The van der Waals surface area contributed by atoms with Gasteiger partial charge in [0.1, 0.15) is 0 Å². The predicted octanol–water partition coefficient (Wildman–Crippen LogP) is 3.75. The normalized spacial score (nSPS) is 13.7. The molecule has 27 heavy (non-hydrogen) atoms. The minimum Gasteiger partial charge on any atom is -0.305 e. The van der Waals surface area contributed by atoms with Crippen molar-refractivity contribution in [1.29, 1.82) is 0 Å². The van der Waals surface area contributed by atoms with Crippen LogP contribution in [0, 0.1) is 0 Å². The Labute approximate surface area is 161 Å². The third kappa shape index (κ3) is 7.17. The third-order valence-corrected chi connectivity index (χ3v) is 6.10. The Morgan fingerprint density at radius 1 is 1.04 bits per heavy atom. The van der Waals surface area contributed by atoms with Crippen molar-refractivity contribution in [2.75, 3.05) is 20.6 Å². The SMILES string of the molecule is CN(C)C(CNS(=O)(=O)c1ccc(SC(F)(F)F)cc1)Cc1ccccc1. The molecule has 0 aliphatic heterocycles. The largest absolute Gasteiger partial charge is 0.446 e. The zero-order valence-corrected chi connectivity index (χ0v) is 16.5. The maximum atomic E-state index is 12.4. The Balaban J connectivity index is 2.03. The van der Waals surface area contributed by atoms with Crippen LogP contribution in [0.5, 0.6) is 0 Å². The number of hydrogen-bond acceptors (Lipinski definition) is 4. The fraction of sp³-hybridized carbons (Fsp3) is 0.333. The Bertz CT molecular complexity index is 824. The summed E-state index contributed by atoms with van der Waals surface area (Å²) in [4.78, 5) is 1.81. The van der Waals surface area contributed by atoms with E-state index >= 15 is 0 Å². The number of thioether (sulfide) groups is 1. The molecule has 9 heteroatoms. The van der Waals surface area contributed by atoms with Gasteiger partial charge in [0.2, 0.25) is 10.0 Å². The van der Waals surface area contributed by atoms with E-state index in [0.29, 0.717) is 6.42 Å². The minimum absolute atomic E-state index is 0.0586. The molecule has 0 bridgehead atoms. The van der Waals surface area contributed by atoms with Crippen molar-refractivity contribution < 1.29 is 21.6 Å². The number of rotatable bonds is 8. The summed E-state index contributed by atoms with van der Waals surface area (Å²) in [5, 5.41) is 0. The highest BCUT2D eigenvalue weighted by Gasteiger charge is 2.29. The molecule has 0 aliphatic carbocycles. The number of likely N-dealkylation sites (N-methyl/N-ethyl adjacent to an activating group) is 1. The van der Waals surface area contributed by atoms with Crippen molar-refractivity contribution in [2.24, 2.45) is 0 Å². The van der Waals surface area contributed by atoms with Crippen LogP contribution in [0.1, 0.15) is 5.56 Å². The van der Waals surface area contributed by atoms with Gasteiger partial charge in [-0.1, -0.05) is 30.3 Å². The van der Waals surface area contributed by atoms with Gasteiger partial charge in [0.05, 0.1) is 4.90 Å². The van der Waals surface area contributed by atoms with Gasteiger partial charge in [-0.2, -0.15) is 13.2 Å². The van der Waals surface area contributed by atoms with Crippen LogP contribution in [0.15, 0.2) is 64.4 Å². The van der Waals surface area contributed by atoms with Gasteiger partial charge in [0, 0.05) is 17.5 Å². The molecule has 2 aromatic carbocycles. The summed E-state index contributed by atoms with van der Waals surface area (Å²) in [5.41, 5.74) is -3.32. The molecule has 0 aromatic heterocycles. The first kappa shape index (κ1) is 21.7. The number of hydrogen-bond donors (Lipinski definition) is 1. The molecule has 0 amide bonds. The zero-order chi connectivity index (χ0) is 20.1. The number of sulfonamides is 1. The van der Waals surface area contributed by atoms with Crippen LogP contribution in [-0.4, -0.2) is 45.5 Å². The summed E-state index contributed by atoms with van der Waals surface area (Å²) < 4.78 is 64.5. The molecule has 0 aliphatic rings. The highest BCUT2D eigenvalue weighted by Crippen LogP contribution is 2.36. The molecule has 1 N–H and O–H groups in total. The van der Waals surface area contributed by atoms with Crippen LogP contribution in [0.2, 0.25) is 0 Å². The zero-order valence-electron chi connectivity index (χ0n) is 14.9. The second-order valence-electron chi connectivity index (χ2n) is 6.18. The molecule has 148 valence electrons. The first-order valence-electron chi connectivity index (χ1n) is 8.13. The number of alkyl halides is 3. The third-order valence-electron chi connectivity index (χ3n) is 3.92. The summed E-state index contributed by atoms with van der Waals surface area (Å²) in [6, 6.07) is 14.3. The smallest absolute Gasteiger partial charge is 0.305 e. The second kappa shape index (κ2) is 9.09. The Morgan fingerprint density at radius 2 is 1.63 bits per heavy atom. The number of halogens is 3. The van der Waals surface area contributed by atoms with Crippen LogP contribution in [0.25, 0.3) is 0 Å². The fourth-order valence-electron chi connectivity index (χ4n) is 2.43.